The van der Waals surface area contributed by atoms with Crippen LogP contribution in [-0.2, 0) is 11.3 Å². The van der Waals surface area contributed by atoms with Crippen molar-refractivity contribution in [2.24, 2.45) is 11.7 Å². The molecule has 1 heterocycles. The highest BCUT2D eigenvalue weighted by Gasteiger charge is 2.23. The van der Waals surface area contributed by atoms with E-state index in [0.29, 0.717) is 5.76 Å². The molecule has 24 heavy (non-hydrogen) atoms. The van der Waals surface area contributed by atoms with Crippen molar-refractivity contribution in [1.29, 1.82) is 0 Å². The Hall–Kier alpha value is -2.28. The van der Waals surface area contributed by atoms with E-state index in [1.807, 2.05) is 50.2 Å². The van der Waals surface area contributed by atoms with Crippen LogP contribution in [0.15, 0.2) is 45.3 Å². The molecule has 3 amide bonds. The minimum Gasteiger partial charge on any atom is -0.459 e. The number of carbonyl (C=O) groups is 2. The number of primary amides is 1. The maximum Gasteiger partial charge on any atom is 0.312 e. The Labute approximate surface area is 148 Å². The Morgan fingerprint density at radius 3 is 2.42 bits per heavy atom. The van der Waals surface area contributed by atoms with Crippen LogP contribution in [-0.4, -0.2) is 18.0 Å². The SMILES string of the molecule is CC(C)C(NC(N)=O)C(=O)NCc1ccc(-c2ccc(Br)cc2)o1. The summed E-state index contributed by atoms with van der Waals surface area (Å²) >= 11 is 3.39. The molecule has 0 aliphatic carbocycles. The molecule has 2 aromatic rings. The first-order chi connectivity index (χ1) is 11.4. The number of halogens is 1. The molecule has 1 atom stereocenters. The molecule has 0 aliphatic rings. The summed E-state index contributed by atoms with van der Waals surface area (Å²) in [5.74, 6) is 0.975. The number of amides is 3. The maximum atomic E-state index is 12.2. The number of rotatable bonds is 6. The van der Waals surface area contributed by atoms with E-state index in [1.165, 1.54) is 0 Å². The minimum atomic E-state index is -0.723. The van der Waals surface area contributed by atoms with Crippen molar-refractivity contribution in [2.45, 2.75) is 26.4 Å². The van der Waals surface area contributed by atoms with Gasteiger partial charge in [0.15, 0.2) is 0 Å². The first kappa shape index (κ1) is 18.1. The highest BCUT2D eigenvalue weighted by atomic mass is 79.9. The van der Waals surface area contributed by atoms with E-state index in [1.54, 1.807) is 0 Å². The standard InChI is InChI=1S/C17H20BrN3O3/c1-10(2)15(21-17(19)23)16(22)20-9-13-7-8-14(24-13)11-3-5-12(18)6-4-11/h3-8,10,15H,9H2,1-2H3,(H,20,22)(H3,19,21,23). The summed E-state index contributed by atoms with van der Waals surface area (Å²) in [4.78, 5) is 23.2. The zero-order valence-electron chi connectivity index (χ0n) is 13.5. The fourth-order valence-corrected chi connectivity index (χ4v) is 2.48. The summed E-state index contributed by atoms with van der Waals surface area (Å²) < 4.78 is 6.73. The lowest BCUT2D eigenvalue weighted by molar-refractivity contribution is -0.124. The molecule has 0 fully saturated rings. The van der Waals surface area contributed by atoms with Crippen LogP contribution in [0.4, 0.5) is 4.79 Å². The Morgan fingerprint density at radius 2 is 1.83 bits per heavy atom. The summed E-state index contributed by atoms with van der Waals surface area (Å²) in [6.07, 6.45) is 0. The molecule has 0 radical (unpaired) electrons. The van der Waals surface area contributed by atoms with Gasteiger partial charge in [0.25, 0.3) is 0 Å². The normalized spacial score (nSPS) is 12.0. The second kappa shape index (κ2) is 8.01. The first-order valence-electron chi connectivity index (χ1n) is 7.55. The van der Waals surface area contributed by atoms with Crippen LogP contribution in [0.5, 0.6) is 0 Å². The number of carbonyl (C=O) groups excluding carboxylic acids is 2. The van der Waals surface area contributed by atoms with Crippen molar-refractivity contribution >= 4 is 27.9 Å². The molecule has 1 unspecified atom stereocenters. The van der Waals surface area contributed by atoms with E-state index in [4.69, 9.17) is 10.2 Å². The summed E-state index contributed by atoms with van der Waals surface area (Å²) in [6, 6.07) is 10.0. The molecule has 1 aromatic heterocycles. The molecule has 6 nitrogen and oxygen atoms in total. The lowest BCUT2D eigenvalue weighted by atomic mass is 10.0. The Morgan fingerprint density at radius 1 is 1.17 bits per heavy atom. The van der Waals surface area contributed by atoms with Gasteiger partial charge in [0.1, 0.15) is 17.6 Å². The molecule has 0 saturated heterocycles. The van der Waals surface area contributed by atoms with Crippen LogP contribution in [0.25, 0.3) is 11.3 Å². The first-order valence-corrected chi connectivity index (χ1v) is 8.34. The lowest BCUT2D eigenvalue weighted by Gasteiger charge is -2.20. The zero-order valence-corrected chi connectivity index (χ0v) is 15.1. The third-order valence-electron chi connectivity index (χ3n) is 3.47. The van der Waals surface area contributed by atoms with Crippen molar-refractivity contribution in [3.05, 3.63) is 46.6 Å². The molecule has 7 heteroatoms. The molecular weight excluding hydrogens is 374 g/mol. The second-order valence-electron chi connectivity index (χ2n) is 5.72. The van der Waals surface area contributed by atoms with Crippen LogP contribution in [0.3, 0.4) is 0 Å². The number of nitrogens with one attached hydrogen (secondary N) is 2. The van der Waals surface area contributed by atoms with Gasteiger partial charge in [-0.3, -0.25) is 4.79 Å². The number of nitrogens with two attached hydrogens (primary N) is 1. The number of hydrogen-bond donors (Lipinski definition) is 3. The van der Waals surface area contributed by atoms with Crippen LogP contribution < -0.4 is 16.4 Å². The van der Waals surface area contributed by atoms with Gasteiger partial charge in [-0.2, -0.15) is 0 Å². The smallest absolute Gasteiger partial charge is 0.312 e. The summed E-state index contributed by atoms with van der Waals surface area (Å²) in [7, 11) is 0. The molecule has 0 bridgehead atoms. The average Bonchev–Trinajstić information content (AvgIpc) is 2.99. The Balaban J connectivity index is 1.98. The van der Waals surface area contributed by atoms with Crippen molar-refractivity contribution in [3.8, 4) is 11.3 Å². The van der Waals surface area contributed by atoms with Crippen molar-refractivity contribution in [1.82, 2.24) is 10.6 Å². The van der Waals surface area contributed by atoms with Gasteiger partial charge in [-0.1, -0.05) is 41.9 Å². The van der Waals surface area contributed by atoms with Crippen LogP contribution in [0.1, 0.15) is 19.6 Å². The number of hydrogen-bond acceptors (Lipinski definition) is 3. The van der Waals surface area contributed by atoms with Gasteiger partial charge in [-0.15, -0.1) is 0 Å². The van der Waals surface area contributed by atoms with Gasteiger partial charge < -0.3 is 20.8 Å². The molecule has 0 aliphatic heterocycles. The Kier molecular flexibility index (Phi) is 6.03. The van der Waals surface area contributed by atoms with E-state index >= 15 is 0 Å². The quantitative estimate of drug-likeness (QED) is 0.703. The largest absolute Gasteiger partial charge is 0.459 e. The third kappa shape index (κ3) is 4.86. The highest BCUT2D eigenvalue weighted by Crippen LogP contribution is 2.23. The van der Waals surface area contributed by atoms with Crippen molar-refractivity contribution in [3.63, 3.8) is 0 Å². The summed E-state index contributed by atoms with van der Waals surface area (Å²) in [6.45, 7) is 3.90. The van der Waals surface area contributed by atoms with E-state index in [0.717, 1.165) is 15.8 Å². The van der Waals surface area contributed by atoms with Gasteiger partial charge in [0.2, 0.25) is 5.91 Å². The molecule has 128 valence electrons. The predicted molar refractivity (Wildman–Crippen MR) is 95.0 cm³/mol. The third-order valence-corrected chi connectivity index (χ3v) is 4.00. The van der Waals surface area contributed by atoms with Gasteiger partial charge in [0, 0.05) is 10.0 Å². The maximum absolute atomic E-state index is 12.2. The fourth-order valence-electron chi connectivity index (χ4n) is 2.21. The van der Waals surface area contributed by atoms with Crippen molar-refractivity contribution < 1.29 is 14.0 Å². The lowest BCUT2D eigenvalue weighted by Crippen LogP contribution is -2.51. The average molecular weight is 394 g/mol. The molecule has 4 N–H and O–H groups in total. The predicted octanol–water partition coefficient (Wildman–Crippen LogP) is 3.02. The summed E-state index contributed by atoms with van der Waals surface area (Å²) in [5.41, 5.74) is 6.05. The molecular formula is C17H20BrN3O3. The minimum absolute atomic E-state index is 0.0765. The molecule has 1 aromatic carbocycles. The van der Waals surface area contributed by atoms with E-state index in [9.17, 15) is 9.59 Å². The molecule has 0 saturated carbocycles. The van der Waals surface area contributed by atoms with Crippen LogP contribution in [0, 0.1) is 5.92 Å². The second-order valence-corrected chi connectivity index (χ2v) is 6.64. The zero-order chi connectivity index (χ0) is 17.7. The van der Waals surface area contributed by atoms with Gasteiger partial charge in [0.05, 0.1) is 6.54 Å². The highest BCUT2D eigenvalue weighted by molar-refractivity contribution is 9.10. The van der Waals surface area contributed by atoms with E-state index in [2.05, 4.69) is 26.6 Å². The van der Waals surface area contributed by atoms with E-state index in [-0.39, 0.29) is 18.4 Å². The van der Waals surface area contributed by atoms with Gasteiger partial charge in [-0.25, -0.2) is 4.79 Å². The number of benzene rings is 1. The van der Waals surface area contributed by atoms with Crippen LogP contribution >= 0.6 is 15.9 Å². The van der Waals surface area contributed by atoms with Gasteiger partial charge >= 0.3 is 6.03 Å². The van der Waals surface area contributed by atoms with Gasteiger partial charge in [-0.05, 0) is 30.2 Å². The number of urea groups is 1. The van der Waals surface area contributed by atoms with Crippen LogP contribution in [0.2, 0.25) is 0 Å². The fraction of sp³-hybridized carbons (Fsp3) is 0.294. The monoisotopic (exact) mass is 393 g/mol. The number of furan rings is 1. The van der Waals surface area contributed by atoms with E-state index < -0.39 is 12.1 Å². The molecule has 0 spiro atoms. The summed E-state index contributed by atoms with van der Waals surface area (Å²) in [5, 5.41) is 5.19. The molecule has 2 rings (SSSR count). The Bertz CT molecular complexity index is 710. The van der Waals surface area contributed by atoms with Crippen molar-refractivity contribution in [2.75, 3.05) is 0 Å². The topological polar surface area (TPSA) is 97.4 Å².